The topological polar surface area (TPSA) is 42.6 Å². The maximum absolute atomic E-state index is 6.27. The van der Waals surface area contributed by atoms with E-state index < -0.39 is 0 Å². The highest BCUT2D eigenvalue weighted by molar-refractivity contribution is 6.30. The molecule has 5 rings (SSSR count). The molecular formula is C30H25ClN4O. The molecule has 5 aromatic rings. The molecule has 0 fully saturated rings. The highest BCUT2D eigenvalue weighted by atomic mass is 35.5. The fourth-order valence-corrected chi connectivity index (χ4v) is 3.93. The van der Waals surface area contributed by atoms with Crippen molar-refractivity contribution in [1.82, 2.24) is 9.55 Å². The first-order chi connectivity index (χ1) is 17.8. The number of halogens is 1. The number of rotatable bonds is 8. The number of hydrazone groups is 1. The van der Waals surface area contributed by atoms with Crippen LogP contribution >= 0.6 is 11.6 Å². The van der Waals surface area contributed by atoms with Crippen LogP contribution in [0.15, 0.2) is 133 Å². The van der Waals surface area contributed by atoms with E-state index in [-0.39, 0.29) is 0 Å². The van der Waals surface area contributed by atoms with Gasteiger partial charge in [-0.3, -0.25) is 9.58 Å². The second kappa shape index (κ2) is 11.4. The zero-order valence-electron chi connectivity index (χ0n) is 19.6. The monoisotopic (exact) mass is 492 g/mol. The third-order valence-electron chi connectivity index (χ3n) is 5.63. The van der Waals surface area contributed by atoms with Crippen molar-refractivity contribution in [3.63, 3.8) is 0 Å². The second-order valence-corrected chi connectivity index (χ2v) is 8.62. The van der Waals surface area contributed by atoms with Crippen molar-refractivity contribution in [2.24, 2.45) is 5.10 Å². The van der Waals surface area contributed by atoms with Gasteiger partial charge in [0.15, 0.2) is 5.84 Å². The lowest BCUT2D eigenvalue weighted by Crippen LogP contribution is -2.23. The van der Waals surface area contributed by atoms with Gasteiger partial charge in [0.05, 0.1) is 17.8 Å². The summed E-state index contributed by atoms with van der Waals surface area (Å²) in [4.78, 5) is 4.27. The third kappa shape index (κ3) is 5.82. The van der Waals surface area contributed by atoms with Gasteiger partial charge >= 0.3 is 0 Å². The molecule has 1 heterocycles. The van der Waals surface area contributed by atoms with Gasteiger partial charge in [0.25, 0.3) is 0 Å². The van der Waals surface area contributed by atoms with E-state index in [0.717, 1.165) is 28.1 Å². The fourth-order valence-electron chi connectivity index (χ4n) is 3.80. The lowest BCUT2D eigenvalue weighted by molar-refractivity contribution is 0.305. The largest absolute Gasteiger partial charge is 0.488 e. The van der Waals surface area contributed by atoms with Gasteiger partial charge < -0.3 is 4.74 Å². The van der Waals surface area contributed by atoms with Crippen molar-refractivity contribution in [3.05, 3.63) is 150 Å². The van der Waals surface area contributed by atoms with Gasteiger partial charge in [-0.1, -0.05) is 84.4 Å². The molecule has 0 radical (unpaired) electrons. The van der Waals surface area contributed by atoms with Gasteiger partial charge in [-0.15, -0.1) is 0 Å². The molecule has 0 amide bonds. The Kier molecular flexibility index (Phi) is 7.40. The number of imidazole rings is 1. The molecule has 0 spiro atoms. The quantitative estimate of drug-likeness (QED) is 0.133. The van der Waals surface area contributed by atoms with Gasteiger partial charge in [0.2, 0.25) is 0 Å². The molecule has 1 aromatic heterocycles. The smallest absolute Gasteiger partial charge is 0.169 e. The molecule has 5 nitrogen and oxygen atoms in total. The van der Waals surface area contributed by atoms with Crippen LogP contribution in [0, 0.1) is 0 Å². The molecule has 4 aromatic carbocycles. The van der Waals surface area contributed by atoms with Crippen molar-refractivity contribution in [2.75, 3.05) is 5.01 Å². The average molecular weight is 493 g/mol. The van der Waals surface area contributed by atoms with Crippen LogP contribution in [0.1, 0.15) is 16.7 Å². The van der Waals surface area contributed by atoms with Crippen LogP contribution < -0.4 is 9.75 Å². The molecule has 0 atom stereocenters. The van der Waals surface area contributed by atoms with E-state index in [9.17, 15) is 0 Å². The Labute approximate surface area is 215 Å². The summed E-state index contributed by atoms with van der Waals surface area (Å²) in [5.41, 5.74) is 4.03. The molecule has 178 valence electrons. The SMILES string of the molecule is Clc1ccc(COc2ccccc2/C(=N\N(Cc2ccccc2)c2ccccc2)n2ccnc2)cc1. The van der Waals surface area contributed by atoms with Gasteiger partial charge in [0.1, 0.15) is 18.7 Å². The van der Waals surface area contributed by atoms with Crippen molar-refractivity contribution < 1.29 is 4.74 Å². The standard InChI is InChI=1S/C30H25ClN4O/c31-26-17-15-25(16-18-26)22-36-29-14-8-7-13-28(29)30(34-20-19-32-23-34)33-35(27-11-5-2-6-12-27)21-24-9-3-1-4-10-24/h1-20,23H,21-22H2/b33-30+. The zero-order chi connectivity index (χ0) is 24.6. The maximum atomic E-state index is 6.27. The van der Waals surface area contributed by atoms with E-state index in [2.05, 4.69) is 29.2 Å². The van der Waals surface area contributed by atoms with Crippen molar-refractivity contribution >= 4 is 23.1 Å². The van der Waals surface area contributed by atoms with Gasteiger partial charge in [0, 0.05) is 17.4 Å². The van der Waals surface area contributed by atoms with E-state index >= 15 is 0 Å². The summed E-state index contributed by atoms with van der Waals surface area (Å²) in [6, 6.07) is 36.0. The van der Waals surface area contributed by atoms with Crippen LogP contribution in [-0.2, 0) is 13.2 Å². The molecular weight excluding hydrogens is 468 g/mol. The highest BCUT2D eigenvalue weighted by Gasteiger charge is 2.16. The van der Waals surface area contributed by atoms with Crippen LogP contribution in [0.5, 0.6) is 5.75 Å². The number of anilines is 1. The summed E-state index contributed by atoms with van der Waals surface area (Å²) in [5, 5.41) is 7.86. The lowest BCUT2D eigenvalue weighted by atomic mass is 10.1. The molecule has 0 aliphatic carbocycles. The first kappa shape index (κ1) is 23.4. The number of hydrogen-bond donors (Lipinski definition) is 0. The summed E-state index contributed by atoms with van der Waals surface area (Å²) in [7, 11) is 0. The predicted molar refractivity (Wildman–Crippen MR) is 145 cm³/mol. The number of nitrogens with zero attached hydrogens (tertiary/aromatic N) is 4. The summed E-state index contributed by atoms with van der Waals surface area (Å²) in [5.74, 6) is 1.44. The number of ether oxygens (including phenoxy) is 1. The Bertz CT molecular complexity index is 1400. The fraction of sp³-hybridized carbons (Fsp3) is 0.0667. The maximum Gasteiger partial charge on any atom is 0.169 e. The zero-order valence-corrected chi connectivity index (χ0v) is 20.4. The minimum Gasteiger partial charge on any atom is -0.488 e. The van der Waals surface area contributed by atoms with Crippen LogP contribution in [0.2, 0.25) is 5.02 Å². The Morgan fingerprint density at radius 3 is 2.22 bits per heavy atom. The van der Waals surface area contributed by atoms with Crippen LogP contribution in [0.25, 0.3) is 0 Å². The van der Waals surface area contributed by atoms with E-state index in [0.29, 0.717) is 24.0 Å². The molecule has 0 unspecified atom stereocenters. The Hall–Kier alpha value is -4.35. The number of hydrogen-bond acceptors (Lipinski definition) is 4. The lowest BCUT2D eigenvalue weighted by Gasteiger charge is -2.22. The van der Waals surface area contributed by atoms with Crippen LogP contribution in [-0.4, -0.2) is 15.4 Å². The average Bonchev–Trinajstić information content (AvgIpc) is 3.47. The molecule has 0 bridgehead atoms. The molecule has 36 heavy (non-hydrogen) atoms. The number of benzene rings is 4. The normalized spacial score (nSPS) is 11.3. The predicted octanol–water partition coefficient (Wildman–Crippen LogP) is 7.03. The molecule has 0 aliphatic rings. The van der Waals surface area contributed by atoms with Crippen LogP contribution in [0.3, 0.4) is 0 Å². The number of aromatic nitrogens is 2. The summed E-state index contributed by atoms with van der Waals surface area (Å²) >= 11 is 6.04. The van der Waals surface area contributed by atoms with E-state index in [1.165, 1.54) is 0 Å². The molecule has 0 saturated heterocycles. The molecule has 0 saturated carbocycles. The van der Waals surface area contributed by atoms with Crippen LogP contribution in [0.4, 0.5) is 5.69 Å². The number of para-hydroxylation sites is 2. The molecule has 0 N–H and O–H groups in total. The van der Waals surface area contributed by atoms with Gasteiger partial charge in [-0.2, -0.15) is 5.10 Å². The molecule has 6 heteroatoms. The van der Waals surface area contributed by atoms with Gasteiger partial charge in [-0.05, 0) is 47.5 Å². The minimum absolute atomic E-state index is 0.414. The third-order valence-corrected chi connectivity index (χ3v) is 5.88. The Morgan fingerprint density at radius 2 is 1.50 bits per heavy atom. The van der Waals surface area contributed by atoms with E-state index in [1.54, 1.807) is 12.5 Å². The van der Waals surface area contributed by atoms with E-state index in [1.807, 2.05) is 101 Å². The Morgan fingerprint density at radius 1 is 0.806 bits per heavy atom. The summed E-state index contributed by atoms with van der Waals surface area (Å²) in [6.45, 7) is 1.02. The Balaban J connectivity index is 1.54. The van der Waals surface area contributed by atoms with E-state index in [4.69, 9.17) is 21.4 Å². The first-order valence-electron chi connectivity index (χ1n) is 11.7. The van der Waals surface area contributed by atoms with Crippen molar-refractivity contribution in [2.45, 2.75) is 13.2 Å². The first-order valence-corrected chi connectivity index (χ1v) is 12.0. The highest BCUT2D eigenvalue weighted by Crippen LogP contribution is 2.24. The molecule has 0 aliphatic heterocycles. The summed E-state index contributed by atoms with van der Waals surface area (Å²) < 4.78 is 8.18. The van der Waals surface area contributed by atoms with Crippen molar-refractivity contribution in [3.8, 4) is 5.75 Å². The minimum atomic E-state index is 0.414. The second-order valence-electron chi connectivity index (χ2n) is 8.18. The van der Waals surface area contributed by atoms with Crippen molar-refractivity contribution in [1.29, 1.82) is 0 Å². The summed E-state index contributed by atoms with van der Waals surface area (Å²) in [6.07, 6.45) is 5.39. The van der Waals surface area contributed by atoms with Gasteiger partial charge in [-0.25, -0.2) is 4.98 Å².